The maximum atomic E-state index is 11.5. The molecule has 2 nitrogen and oxygen atoms in total. The van der Waals surface area contributed by atoms with Crippen LogP contribution in [0.15, 0.2) is 22.7 Å². The second kappa shape index (κ2) is 5.91. The van der Waals surface area contributed by atoms with Gasteiger partial charge in [-0.2, -0.15) is 0 Å². The van der Waals surface area contributed by atoms with E-state index in [1.807, 2.05) is 25.1 Å². The number of halogens is 1. The highest BCUT2D eigenvalue weighted by Crippen LogP contribution is 2.23. The minimum Gasteiger partial charge on any atom is -0.497 e. The Kier molecular flexibility index (Phi) is 4.82. The molecule has 1 aromatic carbocycles. The molecule has 0 bridgehead atoms. The van der Waals surface area contributed by atoms with Gasteiger partial charge in [-0.1, -0.05) is 22.9 Å². The summed E-state index contributed by atoms with van der Waals surface area (Å²) in [5.74, 6) is 1.06. The van der Waals surface area contributed by atoms with Crippen LogP contribution in [-0.2, 0) is 11.2 Å². The van der Waals surface area contributed by atoms with Gasteiger partial charge < -0.3 is 4.74 Å². The number of benzene rings is 1. The molecule has 1 rings (SSSR count). The molecule has 0 aromatic heterocycles. The van der Waals surface area contributed by atoms with E-state index in [4.69, 9.17) is 4.74 Å². The highest BCUT2D eigenvalue weighted by Gasteiger charge is 2.07. The van der Waals surface area contributed by atoms with Crippen LogP contribution in [0.1, 0.15) is 25.3 Å². The molecule has 3 heteroatoms. The molecule has 0 aliphatic heterocycles. The zero-order chi connectivity index (χ0) is 11.3. The molecule has 0 saturated carbocycles. The summed E-state index contributed by atoms with van der Waals surface area (Å²) in [6.45, 7) is 2.01. The van der Waals surface area contributed by atoms with E-state index in [-0.39, 0.29) is 5.78 Å². The SMILES string of the molecule is CCCC(=O)Cc1cc(OC)ccc1Br. The van der Waals surface area contributed by atoms with Gasteiger partial charge in [0.1, 0.15) is 11.5 Å². The van der Waals surface area contributed by atoms with Gasteiger partial charge in [-0.15, -0.1) is 0 Å². The zero-order valence-corrected chi connectivity index (χ0v) is 10.6. The fourth-order valence-electron chi connectivity index (χ4n) is 1.39. The summed E-state index contributed by atoms with van der Waals surface area (Å²) in [4.78, 5) is 11.5. The standard InChI is InChI=1S/C12H15BrO2/c1-3-4-10(14)7-9-8-11(15-2)5-6-12(9)13/h5-6,8H,3-4,7H2,1-2H3. The summed E-state index contributed by atoms with van der Waals surface area (Å²) in [6.07, 6.45) is 2.02. The number of rotatable bonds is 5. The Morgan fingerprint density at radius 2 is 2.20 bits per heavy atom. The summed E-state index contributed by atoms with van der Waals surface area (Å²) in [6, 6.07) is 5.68. The first kappa shape index (κ1) is 12.2. The third-order valence-corrected chi connectivity index (χ3v) is 2.94. The van der Waals surface area contributed by atoms with Gasteiger partial charge in [0, 0.05) is 17.3 Å². The van der Waals surface area contributed by atoms with E-state index in [0.29, 0.717) is 12.8 Å². The molecule has 0 N–H and O–H groups in total. The lowest BCUT2D eigenvalue weighted by Gasteiger charge is -2.06. The fraction of sp³-hybridized carbons (Fsp3) is 0.417. The lowest BCUT2D eigenvalue weighted by molar-refractivity contribution is -0.118. The molecule has 0 aliphatic rings. The minimum absolute atomic E-state index is 0.270. The second-order valence-electron chi connectivity index (χ2n) is 3.42. The van der Waals surface area contributed by atoms with Crippen LogP contribution in [0.5, 0.6) is 5.75 Å². The van der Waals surface area contributed by atoms with Crippen LogP contribution >= 0.6 is 15.9 Å². The van der Waals surface area contributed by atoms with Crippen molar-refractivity contribution in [2.75, 3.05) is 7.11 Å². The maximum Gasteiger partial charge on any atom is 0.137 e. The predicted molar refractivity (Wildman–Crippen MR) is 64.3 cm³/mol. The van der Waals surface area contributed by atoms with E-state index in [2.05, 4.69) is 15.9 Å². The van der Waals surface area contributed by atoms with Gasteiger partial charge in [0.25, 0.3) is 0 Å². The number of carbonyl (C=O) groups excluding carboxylic acids is 1. The van der Waals surface area contributed by atoms with Crippen molar-refractivity contribution in [3.05, 3.63) is 28.2 Å². The highest BCUT2D eigenvalue weighted by atomic mass is 79.9. The first-order valence-corrected chi connectivity index (χ1v) is 5.80. The smallest absolute Gasteiger partial charge is 0.137 e. The normalized spacial score (nSPS) is 10.1. The van der Waals surface area contributed by atoms with Crippen LogP contribution in [0.2, 0.25) is 0 Å². The van der Waals surface area contributed by atoms with Gasteiger partial charge in [-0.05, 0) is 30.2 Å². The average molecular weight is 271 g/mol. The van der Waals surface area contributed by atoms with Crippen LogP contribution in [0.4, 0.5) is 0 Å². The first-order chi connectivity index (χ1) is 7.17. The molecule has 1 aromatic rings. The number of methoxy groups -OCH3 is 1. The van der Waals surface area contributed by atoms with Gasteiger partial charge in [0.15, 0.2) is 0 Å². The van der Waals surface area contributed by atoms with E-state index in [0.717, 1.165) is 22.2 Å². The molecule has 0 unspecified atom stereocenters. The Bertz CT molecular complexity index is 347. The molecular formula is C12H15BrO2. The van der Waals surface area contributed by atoms with E-state index >= 15 is 0 Å². The summed E-state index contributed by atoms with van der Waals surface area (Å²) in [5.41, 5.74) is 0.993. The van der Waals surface area contributed by atoms with Crippen molar-refractivity contribution in [2.45, 2.75) is 26.2 Å². The molecule has 0 radical (unpaired) electrons. The Hall–Kier alpha value is -0.830. The van der Waals surface area contributed by atoms with Gasteiger partial charge in [0.2, 0.25) is 0 Å². The molecule has 0 saturated heterocycles. The number of ketones is 1. The summed E-state index contributed by atoms with van der Waals surface area (Å²) >= 11 is 3.43. The predicted octanol–water partition coefficient (Wildman–Crippen LogP) is 3.37. The van der Waals surface area contributed by atoms with Gasteiger partial charge in [-0.3, -0.25) is 4.79 Å². The molecule has 0 fully saturated rings. The molecule has 0 aliphatic carbocycles. The second-order valence-corrected chi connectivity index (χ2v) is 4.28. The summed E-state index contributed by atoms with van der Waals surface area (Å²) in [7, 11) is 1.63. The summed E-state index contributed by atoms with van der Waals surface area (Å²) in [5, 5.41) is 0. The molecule has 0 atom stereocenters. The van der Waals surface area contributed by atoms with Gasteiger partial charge in [0.05, 0.1) is 7.11 Å². The molecule has 15 heavy (non-hydrogen) atoms. The highest BCUT2D eigenvalue weighted by molar-refractivity contribution is 9.10. The molecule has 0 amide bonds. The largest absolute Gasteiger partial charge is 0.497 e. The van der Waals surface area contributed by atoms with Crippen LogP contribution in [0, 0.1) is 0 Å². The minimum atomic E-state index is 0.270. The molecular weight excluding hydrogens is 256 g/mol. The molecule has 0 spiro atoms. The van der Waals surface area contributed by atoms with Crippen molar-refractivity contribution in [1.82, 2.24) is 0 Å². The fourth-order valence-corrected chi connectivity index (χ4v) is 1.78. The number of ether oxygens (including phenoxy) is 1. The number of Topliss-reactive ketones (excluding diaryl/α,β-unsaturated/α-hetero) is 1. The lowest BCUT2D eigenvalue weighted by Crippen LogP contribution is -2.02. The number of hydrogen-bond donors (Lipinski definition) is 0. The van der Waals surface area contributed by atoms with E-state index < -0.39 is 0 Å². The van der Waals surface area contributed by atoms with Gasteiger partial charge >= 0.3 is 0 Å². The third kappa shape index (κ3) is 3.67. The van der Waals surface area contributed by atoms with Crippen molar-refractivity contribution in [3.63, 3.8) is 0 Å². The Morgan fingerprint density at radius 3 is 2.80 bits per heavy atom. The Balaban J connectivity index is 2.79. The van der Waals surface area contributed by atoms with Gasteiger partial charge in [-0.25, -0.2) is 0 Å². The van der Waals surface area contributed by atoms with Crippen molar-refractivity contribution in [1.29, 1.82) is 0 Å². The quantitative estimate of drug-likeness (QED) is 0.820. The summed E-state index contributed by atoms with van der Waals surface area (Å²) < 4.78 is 6.08. The third-order valence-electron chi connectivity index (χ3n) is 2.17. The van der Waals surface area contributed by atoms with E-state index in [9.17, 15) is 4.79 Å². The van der Waals surface area contributed by atoms with E-state index in [1.165, 1.54) is 0 Å². The average Bonchev–Trinajstić information content (AvgIpc) is 2.21. The monoisotopic (exact) mass is 270 g/mol. The number of carbonyl (C=O) groups is 1. The van der Waals surface area contributed by atoms with E-state index in [1.54, 1.807) is 7.11 Å². The van der Waals surface area contributed by atoms with Crippen LogP contribution < -0.4 is 4.74 Å². The Labute approximate surface area is 98.8 Å². The topological polar surface area (TPSA) is 26.3 Å². The van der Waals surface area contributed by atoms with Crippen LogP contribution in [0.25, 0.3) is 0 Å². The Morgan fingerprint density at radius 1 is 1.47 bits per heavy atom. The van der Waals surface area contributed by atoms with Crippen LogP contribution in [-0.4, -0.2) is 12.9 Å². The molecule has 82 valence electrons. The first-order valence-electron chi connectivity index (χ1n) is 5.01. The lowest BCUT2D eigenvalue weighted by atomic mass is 10.1. The van der Waals surface area contributed by atoms with Crippen molar-refractivity contribution in [2.24, 2.45) is 0 Å². The van der Waals surface area contributed by atoms with Crippen molar-refractivity contribution >= 4 is 21.7 Å². The molecule has 0 heterocycles. The zero-order valence-electron chi connectivity index (χ0n) is 9.05. The van der Waals surface area contributed by atoms with Crippen molar-refractivity contribution < 1.29 is 9.53 Å². The number of hydrogen-bond acceptors (Lipinski definition) is 2. The van der Waals surface area contributed by atoms with Crippen LogP contribution in [0.3, 0.4) is 0 Å². The van der Waals surface area contributed by atoms with Crippen molar-refractivity contribution in [3.8, 4) is 5.75 Å². The maximum absolute atomic E-state index is 11.5.